The van der Waals surface area contributed by atoms with Gasteiger partial charge in [-0.05, 0) is 44.0 Å². The molecular weight excluding hydrogens is 222 g/mol. The molecule has 3 heteroatoms. The van der Waals surface area contributed by atoms with E-state index in [2.05, 4.69) is 42.3 Å². The van der Waals surface area contributed by atoms with Crippen LogP contribution in [0.2, 0.25) is 0 Å². The molecule has 1 aliphatic rings. The molecule has 1 aromatic rings. The van der Waals surface area contributed by atoms with E-state index < -0.39 is 0 Å². The summed E-state index contributed by atoms with van der Waals surface area (Å²) in [6.07, 6.45) is 1.34. The van der Waals surface area contributed by atoms with E-state index in [1.807, 2.05) is 7.05 Å². The second-order valence-electron chi connectivity index (χ2n) is 5.68. The van der Waals surface area contributed by atoms with Gasteiger partial charge in [0.2, 0.25) is 0 Å². The van der Waals surface area contributed by atoms with Crippen molar-refractivity contribution in [2.45, 2.75) is 33.4 Å². The number of hydrogen-bond donors (Lipinski definition) is 1. The normalized spacial score (nSPS) is 20.8. The molecule has 0 aliphatic carbocycles. The summed E-state index contributed by atoms with van der Waals surface area (Å²) in [5.41, 5.74) is 2.33. The molecule has 3 nitrogen and oxygen atoms in total. The lowest BCUT2D eigenvalue weighted by molar-refractivity contribution is 0.293. The Bertz CT molecular complexity index is 376. The number of rotatable bonds is 5. The van der Waals surface area contributed by atoms with Crippen LogP contribution in [0.5, 0.6) is 0 Å². The molecule has 100 valence electrons. The highest BCUT2D eigenvalue weighted by Crippen LogP contribution is 2.24. The van der Waals surface area contributed by atoms with Crippen LogP contribution in [0, 0.1) is 11.8 Å². The summed E-state index contributed by atoms with van der Waals surface area (Å²) in [6.45, 7) is 8.97. The van der Waals surface area contributed by atoms with E-state index in [1.54, 1.807) is 0 Å². The molecule has 18 heavy (non-hydrogen) atoms. The van der Waals surface area contributed by atoms with E-state index >= 15 is 0 Å². The molecule has 0 bridgehead atoms. The zero-order valence-corrected chi connectivity index (χ0v) is 11.8. The molecule has 0 saturated carbocycles. The van der Waals surface area contributed by atoms with Crippen molar-refractivity contribution < 1.29 is 0 Å². The van der Waals surface area contributed by atoms with Crippen LogP contribution in [0.15, 0.2) is 18.2 Å². The monoisotopic (exact) mass is 247 g/mol. The standard InChI is InChI=1S/C15H25N3/c1-12(2)13-7-8-18(10-13)11-15-6-4-5-14(17-15)9-16-3/h4-6,12-13,16H,7-11H2,1-3H3. The number of pyridine rings is 1. The van der Waals surface area contributed by atoms with Crippen molar-refractivity contribution in [1.29, 1.82) is 0 Å². The van der Waals surface area contributed by atoms with Crippen LogP contribution in [-0.2, 0) is 13.1 Å². The Morgan fingerprint density at radius 2 is 2.17 bits per heavy atom. The van der Waals surface area contributed by atoms with Crippen LogP contribution >= 0.6 is 0 Å². The van der Waals surface area contributed by atoms with Crippen molar-refractivity contribution in [1.82, 2.24) is 15.2 Å². The quantitative estimate of drug-likeness (QED) is 0.865. The van der Waals surface area contributed by atoms with Crippen molar-refractivity contribution in [2.75, 3.05) is 20.1 Å². The second-order valence-corrected chi connectivity index (χ2v) is 5.68. The number of hydrogen-bond acceptors (Lipinski definition) is 3. The van der Waals surface area contributed by atoms with E-state index in [9.17, 15) is 0 Å². The molecule has 0 spiro atoms. The fourth-order valence-corrected chi connectivity index (χ4v) is 2.68. The summed E-state index contributed by atoms with van der Waals surface area (Å²) in [4.78, 5) is 7.23. The van der Waals surface area contributed by atoms with Crippen molar-refractivity contribution in [3.05, 3.63) is 29.6 Å². The Balaban J connectivity index is 1.92. The third kappa shape index (κ3) is 3.53. The lowest BCUT2D eigenvalue weighted by Crippen LogP contribution is -2.22. The van der Waals surface area contributed by atoms with Gasteiger partial charge in [-0.25, -0.2) is 0 Å². The van der Waals surface area contributed by atoms with Crippen molar-refractivity contribution in [3.8, 4) is 0 Å². The van der Waals surface area contributed by atoms with Gasteiger partial charge in [-0.2, -0.15) is 0 Å². The minimum atomic E-state index is 0.804. The third-order valence-electron chi connectivity index (χ3n) is 3.86. The molecule has 0 radical (unpaired) electrons. The average Bonchev–Trinajstić information content (AvgIpc) is 2.78. The maximum absolute atomic E-state index is 4.69. The highest BCUT2D eigenvalue weighted by molar-refractivity contribution is 5.11. The molecule has 1 aromatic heterocycles. The van der Waals surface area contributed by atoms with E-state index in [1.165, 1.54) is 25.2 Å². The fourth-order valence-electron chi connectivity index (χ4n) is 2.68. The Labute approximate surface area is 111 Å². The summed E-state index contributed by atoms with van der Waals surface area (Å²) in [6, 6.07) is 6.34. The molecule has 1 fully saturated rings. The summed E-state index contributed by atoms with van der Waals surface area (Å²) in [5, 5.41) is 3.15. The number of nitrogens with one attached hydrogen (secondary N) is 1. The molecule has 0 amide bonds. The first-order valence-corrected chi connectivity index (χ1v) is 7.01. The number of aromatic nitrogens is 1. The van der Waals surface area contributed by atoms with Gasteiger partial charge in [-0.15, -0.1) is 0 Å². The molecule has 2 rings (SSSR count). The van der Waals surface area contributed by atoms with Gasteiger partial charge in [0.25, 0.3) is 0 Å². The largest absolute Gasteiger partial charge is 0.314 e. The zero-order chi connectivity index (χ0) is 13.0. The molecule has 2 heterocycles. The van der Waals surface area contributed by atoms with Crippen LogP contribution < -0.4 is 5.32 Å². The SMILES string of the molecule is CNCc1cccc(CN2CCC(C(C)C)C2)n1. The van der Waals surface area contributed by atoms with E-state index in [0.717, 1.165) is 30.6 Å². The maximum Gasteiger partial charge on any atom is 0.0547 e. The first-order valence-electron chi connectivity index (χ1n) is 7.01. The van der Waals surface area contributed by atoms with Crippen LogP contribution in [0.1, 0.15) is 31.7 Å². The van der Waals surface area contributed by atoms with Gasteiger partial charge in [0.05, 0.1) is 11.4 Å². The fraction of sp³-hybridized carbons (Fsp3) is 0.667. The Morgan fingerprint density at radius 1 is 1.39 bits per heavy atom. The van der Waals surface area contributed by atoms with Crippen molar-refractivity contribution in [3.63, 3.8) is 0 Å². The zero-order valence-electron chi connectivity index (χ0n) is 11.8. The number of nitrogens with zero attached hydrogens (tertiary/aromatic N) is 2. The predicted molar refractivity (Wildman–Crippen MR) is 75.2 cm³/mol. The predicted octanol–water partition coefficient (Wildman–Crippen LogP) is 2.28. The third-order valence-corrected chi connectivity index (χ3v) is 3.86. The molecule has 1 saturated heterocycles. The van der Waals surface area contributed by atoms with Gasteiger partial charge in [-0.1, -0.05) is 19.9 Å². The van der Waals surface area contributed by atoms with E-state index in [4.69, 9.17) is 4.98 Å². The lowest BCUT2D eigenvalue weighted by atomic mass is 9.95. The van der Waals surface area contributed by atoms with E-state index in [0.29, 0.717) is 0 Å². The Kier molecular flexibility index (Phi) is 4.72. The van der Waals surface area contributed by atoms with Crippen LogP contribution in [0.25, 0.3) is 0 Å². The van der Waals surface area contributed by atoms with Gasteiger partial charge in [0, 0.05) is 19.6 Å². The van der Waals surface area contributed by atoms with Gasteiger partial charge in [0.15, 0.2) is 0 Å². The summed E-state index contributed by atoms with van der Waals surface area (Å²) >= 11 is 0. The van der Waals surface area contributed by atoms with Crippen molar-refractivity contribution >= 4 is 0 Å². The topological polar surface area (TPSA) is 28.2 Å². The van der Waals surface area contributed by atoms with Gasteiger partial charge in [0.1, 0.15) is 0 Å². The first kappa shape index (κ1) is 13.5. The van der Waals surface area contributed by atoms with Crippen LogP contribution in [-0.4, -0.2) is 30.0 Å². The molecular formula is C15H25N3. The minimum absolute atomic E-state index is 0.804. The summed E-state index contributed by atoms with van der Waals surface area (Å²) in [7, 11) is 1.96. The van der Waals surface area contributed by atoms with E-state index in [-0.39, 0.29) is 0 Å². The van der Waals surface area contributed by atoms with Crippen LogP contribution in [0.3, 0.4) is 0 Å². The molecule has 1 unspecified atom stereocenters. The van der Waals surface area contributed by atoms with Gasteiger partial charge >= 0.3 is 0 Å². The van der Waals surface area contributed by atoms with Crippen molar-refractivity contribution in [2.24, 2.45) is 11.8 Å². The highest BCUT2D eigenvalue weighted by atomic mass is 15.2. The van der Waals surface area contributed by atoms with Crippen LogP contribution in [0.4, 0.5) is 0 Å². The molecule has 1 N–H and O–H groups in total. The number of likely N-dealkylation sites (tertiary alicyclic amines) is 1. The second kappa shape index (κ2) is 6.30. The summed E-state index contributed by atoms with van der Waals surface area (Å²) in [5.74, 6) is 1.67. The Morgan fingerprint density at radius 3 is 2.83 bits per heavy atom. The Hall–Kier alpha value is -0.930. The smallest absolute Gasteiger partial charge is 0.0547 e. The maximum atomic E-state index is 4.69. The first-order chi connectivity index (χ1) is 8.69. The van der Waals surface area contributed by atoms with Gasteiger partial charge < -0.3 is 5.32 Å². The lowest BCUT2D eigenvalue weighted by Gasteiger charge is -2.17. The molecule has 0 aromatic carbocycles. The highest BCUT2D eigenvalue weighted by Gasteiger charge is 2.24. The molecule has 1 aliphatic heterocycles. The molecule has 1 atom stereocenters. The average molecular weight is 247 g/mol. The minimum Gasteiger partial charge on any atom is -0.314 e. The summed E-state index contributed by atoms with van der Waals surface area (Å²) < 4.78 is 0. The van der Waals surface area contributed by atoms with Gasteiger partial charge in [-0.3, -0.25) is 9.88 Å².